The van der Waals surface area contributed by atoms with Crippen molar-refractivity contribution in [1.82, 2.24) is 4.90 Å². The molecule has 0 fully saturated rings. The van der Waals surface area contributed by atoms with Gasteiger partial charge in [-0.05, 0) is 33.6 Å². The van der Waals surface area contributed by atoms with Crippen molar-refractivity contribution >= 4 is 12.4 Å². The highest BCUT2D eigenvalue weighted by atomic mass is 16.6. The maximum Gasteiger partial charge on any atom is 0.320 e. The smallest absolute Gasteiger partial charge is 0.320 e. The summed E-state index contributed by atoms with van der Waals surface area (Å²) in [7, 11) is 0. The maximum absolute atomic E-state index is 11.6. The molecule has 0 unspecified atom stereocenters. The van der Waals surface area contributed by atoms with Crippen molar-refractivity contribution in [2.45, 2.75) is 39.2 Å². The standard InChI is InChI=1S/C12H25NO4.CH2O2/c1-12(2,3)17-11(16)10-13(6-4-8-14)7-5-9-15;2-1-3/h14-15H,4-10H2,1-3H3;1H,(H,2,3). The van der Waals surface area contributed by atoms with E-state index in [1.165, 1.54) is 0 Å². The molecule has 7 heteroatoms. The highest BCUT2D eigenvalue weighted by Crippen LogP contribution is 2.07. The third-order valence-corrected chi connectivity index (χ3v) is 2.04. The SMILES string of the molecule is CC(C)(C)OC(=O)CN(CCCO)CCCO.O=CO. The molecule has 0 radical (unpaired) electrons. The highest BCUT2D eigenvalue weighted by molar-refractivity contribution is 5.72. The fourth-order valence-electron chi connectivity index (χ4n) is 1.41. The van der Waals surface area contributed by atoms with Crippen LogP contribution in [0.25, 0.3) is 0 Å². The number of hydrogen-bond donors (Lipinski definition) is 3. The Hall–Kier alpha value is -1.18. The molecule has 0 amide bonds. The molecule has 3 N–H and O–H groups in total. The summed E-state index contributed by atoms with van der Waals surface area (Å²) in [5.74, 6) is -0.270. The minimum absolute atomic E-state index is 0.101. The maximum atomic E-state index is 11.6. The second kappa shape index (κ2) is 12.8. The number of aliphatic hydroxyl groups is 2. The molecule has 0 spiro atoms. The highest BCUT2D eigenvalue weighted by Gasteiger charge is 2.18. The van der Waals surface area contributed by atoms with Crippen molar-refractivity contribution in [3.8, 4) is 0 Å². The number of carbonyl (C=O) groups is 2. The predicted octanol–water partition coefficient (Wildman–Crippen LogP) is 0.0957. The van der Waals surface area contributed by atoms with Crippen LogP contribution in [0.15, 0.2) is 0 Å². The molecule has 7 nitrogen and oxygen atoms in total. The first kappa shape index (κ1) is 21.1. The lowest BCUT2D eigenvalue weighted by atomic mass is 10.2. The van der Waals surface area contributed by atoms with E-state index in [-0.39, 0.29) is 32.2 Å². The summed E-state index contributed by atoms with van der Waals surface area (Å²) in [4.78, 5) is 21.9. The van der Waals surface area contributed by atoms with Crippen LogP contribution in [-0.4, -0.2) is 71.1 Å². The molecule has 120 valence electrons. The zero-order chi connectivity index (χ0) is 16.0. The number of ether oxygens (including phenoxy) is 1. The molecular weight excluding hydrogens is 266 g/mol. The van der Waals surface area contributed by atoms with Gasteiger partial charge in [0.05, 0.1) is 6.54 Å². The van der Waals surface area contributed by atoms with Crippen molar-refractivity contribution in [3.63, 3.8) is 0 Å². The average Bonchev–Trinajstić information content (AvgIpc) is 2.31. The first-order valence-electron chi connectivity index (χ1n) is 6.54. The number of rotatable bonds is 8. The van der Waals surface area contributed by atoms with E-state index in [1.54, 1.807) is 0 Å². The third kappa shape index (κ3) is 16.8. The second-order valence-corrected chi connectivity index (χ2v) is 5.12. The Bertz CT molecular complexity index is 244. The van der Waals surface area contributed by atoms with E-state index in [2.05, 4.69) is 0 Å². The van der Waals surface area contributed by atoms with Crippen molar-refractivity contribution in [3.05, 3.63) is 0 Å². The largest absolute Gasteiger partial charge is 0.483 e. The van der Waals surface area contributed by atoms with Crippen LogP contribution in [0.3, 0.4) is 0 Å². The number of carboxylic acid groups (broad SMARTS) is 1. The summed E-state index contributed by atoms with van der Waals surface area (Å²) in [6.07, 6.45) is 1.24. The van der Waals surface area contributed by atoms with Crippen LogP contribution in [0.4, 0.5) is 0 Å². The third-order valence-electron chi connectivity index (χ3n) is 2.04. The first-order valence-corrected chi connectivity index (χ1v) is 6.54. The van der Waals surface area contributed by atoms with Gasteiger partial charge in [-0.3, -0.25) is 14.5 Å². The zero-order valence-corrected chi connectivity index (χ0v) is 12.5. The van der Waals surface area contributed by atoms with Gasteiger partial charge >= 0.3 is 5.97 Å². The Balaban J connectivity index is 0. The van der Waals surface area contributed by atoms with Crippen LogP contribution < -0.4 is 0 Å². The summed E-state index contributed by atoms with van der Waals surface area (Å²) in [6.45, 7) is 6.92. The number of nitrogens with zero attached hydrogens (tertiary/aromatic N) is 1. The van der Waals surface area contributed by atoms with E-state index in [0.717, 1.165) is 0 Å². The Labute approximate surface area is 120 Å². The summed E-state index contributed by atoms with van der Waals surface area (Å²) in [5, 5.41) is 24.4. The van der Waals surface area contributed by atoms with Crippen LogP contribution in [0, 0.1) is 0 Å². The number of hydrogen-bond acceptors (Lipinski definition) is 6. The summed E-state index contributed by atoms with van der Waals surface area (Å²) in [6, 6.07) is 0. The molecule has 0 aliphatic heterocycles. The Morgan fingerprint density at radius 2 is 1.55 bits per heavy atom. The zero-order valence-electron chi connectivity index (χ0n) is 12.5. The van der Waals surface area contributed by atoms with E-state index in [1.807, 2.05) is 25.7 Å². The van der Waals surface area contributed by atoms with Gasteiger partial charge in [-0.25, -0.2) is 0 Å². The molecule has 0 aromatic heterocycles. The molecule has 0 aromatic rings. The van der Waals surface area contributed by atoms with Gasteiger partial charge in [0.25, 0.3) is 6.47 Å². The molecule has 0 atom stereocenters. The van der Waals surface area contributed by atoms with Crippen LogP contribution in [0.5, 0.6) is 0 Å². The van der Waals surface area contributed by atoms with Gasteiger partial charge in [-0.15, -0.1) is 0 Å². The van der Waals surface area contributed by atoms with Crippen molar-refractivity contribution in [2.75, 3.05) is 32.8 Å². The van der Waals surface area contributed by atoms with Gasteiger partial charge in [-0.1, -0.05) is 0 Å². The average molecular weight is 293 g/mol. The molecule has 0 aliphatic carbocycles. The summed E-state index contributed by atoms with van der Waals surface area (Å²) in [5.41, 5.74) is -0.475. The van der Waals surface area contributed by atoms with Crippen LogP contribution in [0.1, 0.15) is 33.6 Å². The molecule has 0 aliphatic rings. The number of aliphatic hydroxyl groups excluding tert-OH is 2. The van der Waals surface area contributed by atoms with Gasteiger partial charge < -0.3 is 20.1 Å². The molecule has 0 saturated carbocycles. The molecule has 0 saturated heterocycles. The number of esters is 1. The van der Waals surface area contributed by atoms with Crippen LogP contribution in [0.2, 0.25) is 0 Å². The fraction of sp³-hybridized carbons (Fsp3) is 0.846. The van der Waals surface area contributed by atoms with E-state index < -0.39 is 5.60 Å². The van der Waals surface area contributed by atoms with E-state index in [0.29, 0.717) is 25.9 Å². The minimum Gasteiger partial charge on any atom is -0.483 e. The van der Waals surface area contributed by atoms with Crippen molar-refractivity contribution < 1.29 is 29.6 Å². The summed E-state index contributed by atoms with van der Waals surface area (Å²) < 4.78 is 5.22. The lowest BCUT2D eigenvalue weighted by Crippen LogP contribution is -2.36. The quantitative estimate of drug-likeness (QED) is 0.430. The lowest BCUT2D eigenvalue weighted by Gasteiger charge is -2.24. The Morgan fingerprint density at radius 3 is 1.85 bits per heavy atom. The molecule has 20 heavy (non-hydrogen) atoms. The van der Waals surface area contributed by atoms with Gasteiger partial charge in [-0.2, -0.15) is 0 Å². The first-order chi connectivity index (χ1) is 9.30. The predicted molar refractivity (Wildman–Crippen MR) is 74.4 cm³/mol. The minimum atomic E-state index is -0.475. The van der Waals surface area contributed by atoms with Gasteiger partial charge in [0.15, 0.2) is 0 Å². The van der Waals surface area contributed by atoms with E-state index in [4.69, 9.17) is 24.9 Å². The topological polar surface area (TPSA) is 107 Å². The van der Waals surface area contributed by atoms with E-state index >= 15 is 0 Å². The normalized spacial score (nSPS) is 10.7. The van der Waals surface area contributed by atoms with E-state index in [9.17, 15) is 4.79 Å². The molecule has 0 bridgehead atoms. The lowest BCUT2D eigenvalue weighted by molar-refractivity contribution is -0.156. The van der Waals surface area contributed by atoms with Gasteiger partial charge in [0.2, 0.25) is 0 Å². The molecule has 0 aromatic carbocycles. The van der Waals surface area contributed by atoms with Crippen molar-refractivity contribution in [1.29, 1.82) is 0 Å². The molecular formula is C13H27NO6. The fourth-order valence-corrected chi connectivity index (χ4v) is 1.41. The Kier molecular flexibility index (Phi) is 13.6. The Morgan fingerprint density at radius 1 is 1.15 bits per heavy atom. The van der Waals surface area contributed by atoms with Gasteiger partial charge in [0, 0.05) is 26.3 Å². The van der Waals surface area contributed by atoms with Crippen LogP contribution in [-0.2, 0) is 14.3 Å². The molecule has 0 rings (SSSR count). The van der Waals surface area contributed by atoms with Crippen molar-refractivity contribution in [2.24, 2.45) is 0 Å². The van der Waals surface area contributed by atoms with Gasteiger partial charge in [0.1, 0.15) is 5.60 Å². The van der Waals surface area contributed by atoms with Crippen LogP contribution >= 0.6 is 0 Å². The second-order valence-electron chi connectivity index (χ2n) is 5.12. The summed E-state index contributed by atoms with van der Waals surface area (Å²) >= 11 is 0. The monoisotopic (exact) mass is 293 g/mol. The number of carbonyl (C=O) groups excluding carboxylic acids is 1. The molecule has 0 heterocycles.